The molecule has 0 radical (unpaired) electrons. The summed E-state index contributed by atoms with van der Waals surface area (Å²) in [5.41, 5.74) is -0.772. The fraction of sp³-hybridized carbons (Fsp3) is 0.421. The number of carbonyl (C=O) groups is 1. The normalized spacial score (nSPS) is 20.3. The predicted molar refractivity (Wildman–Crippen MR) is 108 cm³/mol. The standard InChI is InChI=1S/C19H20F3N5O2S/c1-12(26-8-6-25(7-9-26)10-11-28)15-16(19(20,21)22)24-27(17(15)29)18-23-13-4-2-3-5-14(13)30-18/h2-5,28H,6-11H2,1H3. The molecule has 0 spiro atoms. The fourth-order valence-corrected chi connectivity index (χ4v) is 4.53. The van der Waals surface area contributed by atoms with E-state index in [-0.39, 0.29) is 17.4 Å². The molecule has 0 bridgehead atoms. The molecular formula is C19H20F3N5O2S. The number of para-hydroxylation sites is 1. The van der Waals surface area contributed by atoms with E-state index in [2.05, 4.69) is 10.1 Å². The maximum Gasteiger partial charge on any atom is 0.436 e. The first-order valence-corrected chi connectivity index (χ1v) is 10.3. The molecule has 1 N–H and O–H groups in total. The lowest BCUT2D eigenvalue weighted by molar-refractivity contribution is -0.114. The number of aliphatic hydroxyl groups is 1. The lowest BCUT2D eigenvalue weighted by Gasteiger charge is -2.36. The van der Waals surface area contributed by atoms with E-state index >= 15 is 0 Å². The van der Waals surface area contributed by atoms with Crippen LogP contribution in [-0.2, 0) is 4.79 Å². The summed E-state index contributed by atoms with van der Waals surface area (Å²) >= 11 is 1.12. The number of hydrazone groups is 1. The zero-order valence-electron chi connectivity index (χ0n) is 16.2. The van der Waals surface area contributed by atoms with Gasteiger partial charge in [0.15, 0.2) is 5.71 Å². The number of nitrogens with zero attached hydrogens (tertiary/aromatic N) is 5. The number of alkyl halides is 3. The number of allylic oxidation sites excluding steroid dienone is 1. The Labute approximate surface area is 174 Å². The monoisotopic (exact) mass is 439 g/mol. The van der Waals surface area contributed by atoms with Crippen LogP contribution in [0.1, 0.15) is 6.92 Å². The Morgan fingerprint density at radius 2 is 1.90 bits per heavy atom. The maximum absolute atomic E-state index is 13.8. The third-order valence-electron chi connectivity index (χ3n) is 5.20. The molecule has 2 aliphatic rings. The van der Waals surface area contributed by atoms with Crippen LogP contribution in [0.2, 0.25) is 0 Å². The van der Waals surface area contributed by atoms with Gasteiger partial charge in [-0.3, -0.25) is 9.69 Å². The van der Waals surface area contributed by atoms with Crippen molar-refractivity contribution in [2.75, 3.05) is 44.3 Å². The third-order valence-corrected chi connectivity index (χ3v) is 6.21. The SMILES string of the molecule is CC(=C1C(=O)N(c2nc3ccccc3s2)N=C1C(F)(F)F)N1CCN(CCO)CC1. The first-order chi connectivity index (χ1) is 14.3. The van der Waals surface area contributed by atoms with Crippen molar-refractivity contribution in [3.63, 3.8) is 0 Å². The summed E-state index contributed by atoms with van der Waals surface area (Å²) in [5.74, 6) is -0.823. The number of piperazine rings is 1. The number of anilines is 1. The zero-order valence-corrected chi connectivity index (χ0v) is 17.0. The van der Waals surface area contributed by atoms with Crippen LogP contribution in [-0.4, -0.2) is 77.0 Å². The lowest BCUT2D eigenvalue weighted by Crippen LogP contribution is -2.47. The van der Waals surface area contributed by atoms with E-state index in [4.69, 9.17) is 5.11 Å². The summed E-state index contributed by atoms with van der Waals surface area (Å²) in [6.07, 6.45) is -4.77. The van der Waals surface area contributed by atoms with Gasteiger partial charge in [0.25, 0.3) is 5.91 Å². The number of thiazole rings is 1. The molecule has 1 saturated heterocycles. The van der Waals surface area contributed by atoms with Crippen molar-refractivity contribution in [1.29, 1.82) is 0 Å². The molecule has 3 heterocycles. The van der Waals surface area contributed by atoms with Gasteiger partial charge in [-0.1, -0.05) is 23.5 Å². The van der Waals surface area contributed by atoms with Crippen LogP contribution in [0.25, 0.3) is 10.2 Å². The number of rotatable bonds is 4. The Bertz CT molecular complexity index is 992. The molecule has 1 fully saturated rings. The summed E-state index contributed by atoms with van der Waals surface area (Å²) in [5, 5.41) is 13.6. The number of halogens is 3. The van der Waals surface area contributed by atoms with Gasteiger partial charge < -0.3 is 10.0 Å². The molecule has 0 atom stereocenters. The van der Waals surface area contributed by atoms with Crippen LogP contribution in [0.15, 0.2) is 40.6 Å². The van der Waals surface area contributed by atoms with Crippen molar-refractivity contribution in [1.82, 2.24) is 14.8 Å². The van der Waals surface area contributed by atoms with Crippen LogP contribution in [0.4, 0.5) is 18.3 Å². The molecule has 30 heavy (non-hydrogen) atoms. The van der Waals surface area contributed by atoms with Gasteiger partial charge in [-0.2, -0.15) is 23.3 Å². The van der Waals surface area contributed by atoms with Gasteiger partial charge in [-0.25, -0.2) is 4.98 Å². The minimum atomic E-state index is -4.77. The molecule has 0 saturated carbocycles. The molecule has 4 rings (SSSR count). The van der Waals surface area contributed by atoms with E-state index in [0.29, 0.717) is 38.2 Å². The van der Waals surface area contributed by atoms with E-state index in [1.807, 2.05) is 4.90 Å². The van der Waals surface area contributed by atoms with E-state index in [0.717, 1.165) is 21.0 Å². The first-order valence-electron chi connectivity index (χ1n) is 9.45. The molecule has 2 aromatic rings. The molecule has 7 nitrogen and oxygen atoms in total. The molecular weight excluding hydrogens is 419 g/mol. The van der Waals surface area contributed by atoms with Gasteiger partial charge in [0, 0.05) is 38.4 Å². The average molecular weight is 439 g/mol. The fourth-order valence-electron chi connectivity index (χ4n) is 3.61. The Hall–Kier alpha value is -2.50. The Balaban J connectivity index is 1.68. The van der Waals surface area contributed by atoms with E-state index in [1.165, 1.54) is 6.92 Å². The molecule has 0 aliphatic carbocycles. The van der Waals surface area contributed by atoms with Crippen LogP contribution >= 0.6 is 11.3 Å². The van der Waals surface area contributed by atoms with Gasteiger partial charge in [0.2, 0.25) is 5.13 Å². The minimum Gasteiger partial charge on any atom is -0.395 e. The number of fused-ring (bicyclic) bond motifs is 1. The molecule has 0 unspecified atom stereocenters. The number of hydrogen-bond acceptors (Lipinski definition) is 7. The van der Waals surface area contributed by atoms with Crippen molar-refractivity contribution in [2.45, 2.75) is 13.1 Å². The number of aliphatic hydroxyl groups excluding tert-OH is 1. The van der Waals surface area contributed by atoms with Crippen LogP contribution in [0.3, 0.4) is 0 Å². The first kappa shape index (κ1) is 20.8. The topological polar surface area (TPSA) is 72.3 Å². The van der Waals surface area contributed by atoms with Gasteiger partial charge in [-0.05, 0) is 19.1 Å². The van der Waals surface area contributed by atoms with Crippen molar-refractivity contribution in [2.24, 2.45) is 5.10 Å². The van der Waals surface area contributed by atoms with E-state index in [1.54, 1.807) is 29.2 Å². The van der Waals surface area contributed by atoms with Gasteiger partial charge in [0.05, 0.1) is 22.4 Å². The third kappa shape index (κ3) is 3.80. The molecule has 160 valence electrons. The highest BCUT2D eigenvalue weighted by atomic mass is 32.1. The van der Waals surface area contributed by atoms with Crippen LogP contribution in [0.5, 0.6) is 0 Å². The van der Waals surface area contributed by atoms with Gasteiger partial charge in [0.1, 0.15) is 0 Å². The number of aromatic nitrogens is 1. The van der Waals surface area contributed by atoms with Crippen molar-refractivity contribution >= 4 is 38.3 Å². The number of carbonyl (C=O) groups excluding carboxylic acids is 1. The number of benzene rings is 1. The predicted octanol–water partition coefficient (Wildman–Crippen LogP) is 2.45. The highest BCUT2D eigenvalue weighted by Gasteiger charge is 2.49. The van der Waals surface area contributed by atoms with Crippen molar-refractivity contribution < 1.29 is 23.1 Å². The second-order valence-electron chi connectivity index (χ2n) is 7.04. The van der Waals surface area contributed by atoms with Crippen LogP contribution in [0, 0.1) is 0 Å². The van der Waals surface area contributed by atoms with E-state index in [9.17, 15) is 18.0 Å². The minimum absolute atomic E-state index is 0.0283. The summed E-state index contributed by atoms with van der Waals surface area (Å²) < 4.78 is 42.0. The highest BCUT2D eigenvalue weighted by molar-refractivity contribution is 7.22. The Morgan fingerprint density at radius 1 is 1.20 bits per heavy atom. The largest absolute Gasteiger partial charge is 0.436 e. The molecule has 1 aromatic carbocycles. The smallest absolute Gasteiger partial charge is 0.395 e. The van der Waals surface area contributed by atoms with Gasteiger partial charge >= 0.3 is 6.18 Å². The summed E-state index contributed by atoms with van der Waals surface area (Å²) in [4.78, 5) is 21.1. The Morgan fingerprint density at radius 3 is 2.53 bits per heavy atom. The van der Waals surface area contributed by atoms with E-state index < -0.39 is 23.4 Å². The summed E-state index contributed by atoms with van der Waals surface area (Å²) in [6.45, 7) is 4.20. The quantitative estimate of drug-likeness (QED) is 0.741. The van der Waals surface area contributed by atoms with Crippen LogP contribution < -0.4 is 5.01 Å². The Kier molecular flexibility index (Phi) is 5.51. The molecule has 11 heteroatoms. The number of hydrogen-bond donors (Lipinski definition) is 1. The van der Waals surface area contributed by atoms with Crippen molar-refractivity contribution in [3.05, 3.63) is 35.5 Å². The number of amides is 1. The highest BCUT2D eigenvalue weighted by Crippen LogP contribution is 2.37. The average Bonchev–Trinajstić information content (AvgIpc) is 3.29. The maximum atomic E-state index is 13.8. The molecule has 2 aliphatic heterocycles. The number of β-amino-alcohol motifs (C(OH)–C–C–N with tert-alkyl or cyclic N) is 1. The van der Waals surface area contributed by atoms with Crippen molar-refractivity contribution in [3.8, 4) is 0 Å². The van der Waals surface area contributed by atoms with Gasteiger partial charge in [-0.15, -0.1) is 0 Å². The molecule has 1 amide bonds. The second kappa shape index (κ2) is 7.97. The summed E-state index contributed by atoms with van der Waals surface area (Å²) in [7, 11) is 0. The summed E-state index contributed by atoms with van der Waals surface area (Å²) in [6, 6.07) is 7.10. The second-order valence-corrected chi connectivity index (χ2v) is 8.05. The lowest BCUT2D eigenvalue weighted by atomic mass is 10.1. The molecule has 1 aromatic heterocycles. The zero-order chi connectivity index (χ0) is 21.5.